The Balaban J connectivity index is 1.65. The summed E-state index contributed by atoms with van der Waals surface area (Å²) >= 11 is 7.48. The number of amides is 1. The number of halogens is 2. The Morgan fingerprint density at radius 1 is 1.25 bits per heavy atom. The molecule has 4 rings (SSSR count). The Morgan fingerprint density at radius 2 is 2.03 bits per heavy atom. The number of para-hydroxylation sites is 1. The normalized spacial score (nSPS) is 13.1. The summed E-state index contributed by atoms with van der Waals surface area (Å²) in [5.41, 5.74) is 3.60. The predicted octanol–water partition coefficient (Wildman–Crippen LogP) is 7.56. The fourth-order valence-corrected chi connectivity index (χ4v) is 6.66. The number of carbonyl (C=O) groups is 1. The molecule has 0 saturated carbocycles. The fourth-order valence-electron chi connectivity index (χ4n) is 3.66. The van der Waals surface area contributed by atoms with Gasteiger partial charge in [0, 0.05) is 16.8 Å². The summed E-state index contributed by atoms with van der Waals surface area (Å²) in [6.45, 7) is 4.14. The largest absolute Gasteiger partial charge is 0.487 e. The van der Waals surface area contributed by atoms with Crippen LogP contribution in [0.15, 0.2) is 64.6 Å². The van der Waals surface area contributed by atoms with Crippen molar-refractivity contribution in [1.82, 2.24) is 0 Å². The second-order valence-electron chi connectivity index (χ2n) is 7.38. The van der Waals surface area contributed by atoms with E-state index in [1.165, 1.54) is 4.88 Å². The molecule has 0 saturated heterocycles. The molecular formula is C25H22BrIN2O2S. The van der Waals surface area contributed by atoms with Crippen molar-refractivity contribution in [3.05, 3.63) is 84.7 Å². The number of anilines is 1. The highest BCUT2D eigenvalue weighted by atomic mass is 127. The van der Waals surface area contributed by atoms with Gasteiger partial charge in [-0.3, -0.25) is 4.79 Å². The SMILES string of the molecule is C=CCOc1c(Br)cc(C=Nc2sc3c(c2C(=O)Nc2ccccc2)CCCC3)cc1I. The number of ether oxygens (including phenoxy) is 1. The quantitative estimate of drug-likeness (QED) is 0.168. The van der Waals surface area contributed by atoms with Gasteiger partial charge in [-0.2, -0.15) is 0 Å². The number of nitrogens with one attached hydrogen (secondary N) is 1. The second-order valence-corrected chi connectivity index (χ2v) is 10.5. The van der Waals surface area contributed by atoms with Crippen molar-refractivity contribution in [3.8, 4) is 5.75 Å². The van der Waals surface area contributed by atoms with E-state index in [9.17, 15) is 4.79 Å². The molecule has 0 aliphatic heterocycles. The first-order valence-electron chi connectivity index (χ1n) is 10.3. The number of benzene rings is 2. The van der Waals surface area contributed by atoms with E-state index in [4.69, 9.17) is 9.73 Å². The molecule has 1 aliphatic carbocycles. The van der Waals surface area contributed by atoms with Crippen LogP contribution in [0.4, 0.5) is 10.7 Å². The Labute approximate surface area is 214 Å². The predicted molar refractivity (Wildman–Crippen MR) is 145 cm³/mol. The van der Waals surface area contributed by atoms with Crippen LogP contribution in [0, 0.1) is 3.57 Å². The molecule has 2 aromatic carbocycles. The number of nitrogens with zero attached hydrogens (tertiary/aromatic N) is 1. The third kappa shape index (κ3) is 5.32. The average molecular weight is 621 g/mol. The second kappa shape index (κ2) is 10.8. The Kier molecular flexibility index (Phi) is 7.80. The monoisotopic (exact) mass is 620 g/mol. The van der Waals surface area contributed by atoms with Crippen LogP contribution in [0.25, 0.3) is 0 Å². The first-order valence-corrected chi connectivity index (χ1v) is 13.0. The highest BCUT2D eigenvalue weighted by Gasteiger charge is 2.25. The van der Waals surface area contributed by atoms with Crippen molar-refractivity contribution < 1.29 is 9.53 Å². The van der Waals surface area contributed by atoms with E-state index >= 15 is 0 Å². The molecule has 1 aliphatic rings. The van der Waals surface area contributed by atoms with Crippen LogP contribution in [-0.2, 0) is 12.8 Å². The summed E-state index contributed by atoms with van der Waals surface area (Å²) in [5, 5.41) is 3.81. The van der Waals surface area contributed by atoms with Crippen molar-refractivity contribution in [1.29, 1.82) is 0 Å². The van der Waals surface area contributed by atoms with Crippen LogP contribution < -0.4 is 10.1 Å². The zero-order chi connectivity index (χ0) is 22.5. The van der Waals surface area contributed by atoms with Crippen LogP contribution in [0.5, 0.6) is 5.75 Å². The molecule has 7 heteroatoms. The summed E-state index contributed by atoms with van der Waals surface area (Å²) in [6, 6.07) is 13.6. The van der Waals surface area contributed by atoms with Crippen molar-refractivity contribution >= 4 is 72.7 Å². The highest BCUT2D eigenvalue weighted by Crippen LogP contribution is 2.40. The lowest BCUT2D eigenvalue weighted by Crippen LogP contribution is -2.14. The molecule has 1 heterocycles. The third-order valence-corrected chi connectivity index (χ3v) is 7.70. The van der Waals surface area contributed by atoms with Crippen molar-refractivity contribution in [2.24, 2.45) is 4.99 Å². The molecule has 1 aromatic heterocycles. The van der Waals surface area contributed by atoms with Crippen molar-refractivity contribution in [3.63, 3.8) is 0 Å². The summed E-state index contributed by atoms with van der Waals surface area (Å²) in [5.74, 6) is 0.698. The lowest BCUT2D eigenvalue weighted by atomic mass is 9.95. The highest BCUT2D eigenvalue weighted by molar-refractivity contribution is 14.1. The van der Waals surface area contributed by atoms with Gasteiger partial charge in [0.25, 0.3) is 5.91 Å². The molecule has 0 radical (unpaired) electrons. The molecule has 3 aromatic rings. The molecule has 164 valence electrons. The number of rotatable bonds is 7. The molecule has 0 fully saturated rings. The number of fused-ring (bicyclic) bond motifs is 1. The van der Waals surface area contributed by atoms with E-state index in [1.54, 1.807) is 17.4 Å². The molecule has 4 nitrogen and oxygen atoms in total. The van der Waals surface area contributed by atoms with Gasteiger partial charge in [0.1, 0.15) is 17.4 Å². The van der Waals surface area contributed by atoms with E-state index in [0.29, 0.717) is 12.2 Å². The zero-order valence-corrected chi connectivity index (χ0v) is 21.9. The van der Waals surface area contributed by atoms with Crippen LogP contribution in [0.3, 0.4) is 0 Å². The fraction of sp³-hybridized carbons (Fsp3) is 0.200. The third-order valence-electron chi connectivity index (χ3n) is 5.11. The van der Waals surface area contributed by atoms with Gasteiger partial charge in [0.2, 0.25) is 0 Å². The van der Waals surface area contributed by atoms with Gasteiger partial charge in [-0.05, 0) is 99.6 Å². The maximum Gasteiger partial charge on any atom is 0.259 e. The Hall–Kier alpha value is -1.97. The number of carbonyl (C=O) groups excluding carboxylic acids is 1. The standard InChI is InChI=1S/C25H22BrIN2O2S/c1-2-12-31-23-19(26)13-16(14-20(23)27)15-28-25-22(18-10-6-7-11-21(18)32-25)24(30)29-17-8-4-3-5-9-17/h2-5,8-9,13-15H,1,6-7,10-12H2,(H,29,30). The Morgan fingerprint density at radius 3 is 2.78 bits per heavy atom. The maximum atomic E-state index is 13.2. The van der Waals surface area contributed by atoms with Gasteiger partial charge in [-0.1, -0.05) is 30.9 Å². The van der Waals surface area contributed by atoms with E-state index < -0.39 is 0 Å². The van der Waals surface area contributed by atoms with Gasteiger partial charge >= 0.3 is 0 Å². The van der Waals surface area contributed by atoms with Crippen LogP contribution >= 0.6 is 49.9 Å². The molecule has 1 N–H and O–H groups in total. The van der Waals surface area contributed by atoms with E-state index in [0.717, 1.165) is 61.3 Å². The summed E-state index contributed by atoms with van der Waals surface area (Å²) in [4.78, 5) is 19.3. The molecule has 0 spiro atoms. The van der Waals surface area contributed by atoms with Gasteiger partial charge in [0.15, 0.2) is 0 Å². The Bertz CT molecular complexity index is 1150. The maximum absolute atomic E-state index is 13.2. The topological polar surface area (TPSA) is 50.7 Å². The molecule has 0 atom stereocenters. The van der Waals surface area contributed by atoms with Gasteiger partial charge in [-0.25, -0.2) is 4.99 Å². The van der Waals surface area contributed by atoms with Gasteiger partial charge < -0.3 is 10.1 Å². The first kappa shape index (κ1) is 23.2. The number of aryl methyl sites for hydroxylation is 1. The first-order chi connectivity index (χ1) is 15.6. The minimum absolute atomic E-state index is 0.0910. The lowest BCUT2D eigenvalue weighted by molar-refractivity contribution is 0.102. The molecule has 32 heavy (non-hydrogen) atoms. The van der Waals surface area contributed by atoms with E-state index in [2.05, 4.69) is 50.4 Å². The van der Waals surface area contributed by atoms with Crippen LogP contribution in [-0.4, -0.2) is 18.7 Å². The van der Waals surface area contributed by atoms with Gasteiger partial charge in [-0.15, -0.1) is 11.3 Å². The molecular weight excluding hydrogens is 599 g/mol. The smallest absolute Gasteiger partial charge is 0.259 e. The van der Waals surface area contributed by atoms with Crippen LogP contribution in [0.1, 0.15) is 39.2 Å². The average Bonchev–Trinajstić information content (AvgIpc) is 3.16. The number of hydrogen-bond donors (Lipinski definition) is 1. The van der Waals surface area contributed by atoms with Crippen LogP contribution in [0.2, 0.25) is 0 Å². The van der Waals surface area contributed by atoms with Crippen molar-refractivity contribution in [2.75, 3.05) is 11.9 Å². The molecule has 1 amide bonds. The van der Waals surface area contributed by atoms with E-state index in [-0.39, 0.29) is 5.91 Å². The van der Waals surface area contributed by atoms with Gasteiger partial charge in [0.05, 0.1) is 13.6 Å². The number of aliphatic imine (C=N–C) groups is 1. The molecule has 0 bridgehead atoms. The summed E-state index contributed by atoms with van der Waals surface area (Å²) < 4.78 is 7.57. The lowest BCUT2D eigenvalue weighted by Gasteiger charge is -2.12. The summed E-state index contributed by atoms with van der Waals surface area (Å²) in [7, 11) is 0. The minimum atomic E-state index is -0.0910. The minimum Gasteiger partial charge on any atom is -0.487 e. The van der Waals surface area contributed by atoms with Crippen molar-refractivity contribution in [2.45, 2.75) is 25.7 Å². The zero-order valence-electron chi connectivity index (χ0n) is 17.4. The van der Waals surface area contributed by atoms with E-state index in [1.807, 2.05) is 48.7 Å². The summed E-state index contributed by atoms with van der Waals surface area (Å²) in [6.07, 6.45) is 7.75. The molecule has 0 unspecified atom stereocenters. The number of hydrogen-bond acceptors (Lipinski definition) is 4. The number of thiophene rings is 1.